The maximum Gasteiger partial charge on any atom is 0.234 e. The number of rotatable bonds is 5. The summed E-state index contributed by atoms with van der Waals surface area (Å²) in [6.07, 6.45) is 1.72. The highest BCUT2D eigenvalue weighted by molar-refractivity contribution is 5.86. The number of likely N-dealkylation sites (tertiary alicyclic amines) is 1. The summed E-state index contributed by atoms with van der Waals surface area (Å²) >= 11 is 0. The maximum absolute atomic E-state index is 13.4. The molecule has 1 aromatic carbocycles. The zero-order valence-electron chi connectivity index (χ0n) is 18.8. The number of piperidine rings is 1. The number of hydrogen-bond donors (Lipinski definition) is 5. The van der Waals surface area contributed by atoms with Crippen molar-refractivity contribution in [1.82, 2.24) is 31.2 Å². The van der Waals surface area contributed by atoms with E-state index in [1.807, 2.05) is 50.2 Å². The molecule has 3 aliphatic heterocycles. The molecular weight excluding hydrogens is 404 g/mol. The highest BCUT2D eigenvalue weighted by Crippen LogP contribution is 2.30. The first-order valence-corrected chi connectivity index (χ1v) is 11.7. The number of nitrogens with zero attached hydrogens (tertiary/aromatic N) is 2. The third-order valence-corrected chi connectivity index (χ3v) is 7.16. The van der Waals surface area contributed by atoms with E-state index in [1.54, 1.807) is 0 Å². The fourth-order valence-electron chi connectivity index (χ4n) is 5.00. The monoisotopic (exact) mass is 438 g/mol. The Balaban J connectivity index is 1.38. The van der Waals surface area contributed by atoms with E-state index in [0.29, 0.717) is 6.04 Å². The summed E-state index contributed by atoms with van der Waals surface area (Å²) in [5.74, 6) is -0.247. The van der Waals surface area contributed by atoms with E-state index in [4.69, 9.17) is 4.98 Å². The summed E-state index contributed by atoms with van der Waals surface area (Å²) < 4.78 is 0. The number of fused-ring (bicyclic) bond motifs is 1. The fourth-order valence-corrected chi connectivity index (χ4v) is 5.00. The first-order valence-electron chi connectivity index (χ1n) is 11.7. The molecule has 8 heteroatoms. The van der Waals surface area contributed by atoms with Crippen molar-refractivity contribution in [1.29, 1.82) is 0 Å². The average molecular weight is 439 g/mol. The number of pyridine rings is 1. The smallest absolute Gasteiger partial charge is 0.234 e. The number of amides is 1. The number of benzene rings is 1. The second-order valence-corrected chi connectivity index (χ2v) is 9.98. The normalized spacial score (nSPS) is 30.2. The van der Waals surface area contributed by atoms with Crippen LogP contribution in [0.1, 0.15) is 38.3 Å². The third kappa shape index (κ3) is 4.38. The highest BCUT2D eigenvalue weighted by atomic mass is 16.3. The van der Waals surface area contributed by atoms with E-state index in [0.717, 1.165) is 55.6 Å². The molecule has 32 heavy (non-hydrogen) atoms. The lowest BCUT2D eigenvalue weighted by molar-refractivity contribution is -0.136. The van der Waals surface area contributed by atoms with Crippen molar-refractivity contribution in [3.63, 3.8) is 0 Å². The third-order valence-electron chi connectivity index (χ3n) is 7.16. The molecule has 1 amide bonds. The van der Waals surface area contributed by atoms with Gasteiger partial charge in [0.1, 0.15) is 12.2 Å². The van der Waals surface area contributed by atoms with Gasteiger partial charge in [0.15, 0.2) is 0 Å². The van der Waals surface area contributed by atoms with Crippen LogP contribution in [0.3, 0.4) is 0 Å². The molecule has 4 atom stereocenters. The predicted octanol–water partition coefficient (Wildman–Crippen LogP) is 0.692. The lowest BCUT2D eigenvalue weighted by Crippen LogP contribution is -2.74. The largest absolute Gasteiger partial charge is 0.390 e. The van der Waals surface area contributed by atoms with Gasteiger partial charge in [-0.15, -0.1) is 0 Å². The van der Waals surface area contributed by atoms with Gasteiger partial charge in [-0.3, -0.25) is 25.3 Å². The van der Waals surface area contributed by atoms with Crippen molar-refractivity contribution in [2.75, 3.05) is 26.2 Å². The SMILES string of the molecule is CC(C)(O)C1CN(C2NC(=O)C(c3ccc4ccccc4n3)C(N[C@@H]3CCCNC3)N2)C1. The van der Waals surface area contributed by atoms with Crippen LogP contribution in [0.4, 0.5) is 0 Å². The topological polar surface area (TPSA) is 102 Å². The quantitative estimate of drug-likeness (QED) is 0.468. The van der Waals surface area contributed by atoms with Crippen molar-refractivity contribution in [2.24, 2.45) is 5.92 Å². The summed E-state index contributed by atoms with van der Waals surface area (Å²) in [6, 6.07) is 12.3. The zero-order valence-corrected chi connectivity index (χ0v) is 18.8. The first kappa shape index (κ1) is 21.7. The lowest BCUT2D eigenvalue weighted by atomic mass is 9.84. The van der Waals surface area contributed by atoms with Crippen LogP contribution >= 0.6 is 0 Å². The second-order valence-electron chi connectivity index (χ2n) is 9.98. The van der Waals surface area contributed by atoms with Crippen LogP contribution in [0, 0.1) is 5.92 Å². The molecule has 0 bridgehead atoms. The van der Waals surface area contributed by atoms with Crippen molar-refractivity contribution >= 4 is 16.8 Å². The molecular formula is C24H34N6O2. The maximum atomic E-state index is 13.4. The van der Waals surface area contributed by atoms with E-state index in [1.165, 1.54) is 0 Å². The van der Waals surface area contributed by atoms with Gasteiger partial charge < -0.3 is 15.7 Å². The van der Waals surface area contributed by atoms with Gasteiger partial charge in [0, 0.05) is 37.0 Å². The Morgan fingerprint density at radius 3 is 2.75 bits per heavy atom. The average Bonchev–Trinajstić information content (AvgIpc) is 2.72. The lowest BCUT2D eigenvalue weighted by Gasteiger charge is -2.52. The Morgan fingerprint density at radius 2 is 2.00 bits per heavy atom. The zero-order chi connectivity index (χ0) is 22.3. The first-order chi connectivity index (χ1) is 15.4. The number of aromatic nitrogens is 1. The number of carbonyl (C=O) groups excluding carboxylic acids is 1. The standard InChI is InChI=1S/C24H34N6O2/c1-24(2,32)16-13-30(14-16)23-28-21(26-17-7-5-11-25-12-17)20(22(31)29-23)19-10-9-15-6-3-4-8-18(15)27-19/h3-4,6,8-10,16-17,20-21,23,25-26,28,32H,5,7,11-14H2,1-2H3,(H,29,31)/t17-,20?,21?,23?/m1/s1. The molecule has 2 aromatic rings. The molecule has 3 unspecified atom stereocenters. The van der Waals surface area contributed by atoms with Gasteiger partial charge in [-0.2, -0.15) is 0 Å². The Kier molecular flexibility index (Phi) is 5.90. The molecule has 0 aliphatic carbocycles. The molecule has 8 nitrogen and oxygen atoms in total. The molecule has 3 fully saturated rings. The van der Waals surface area contributed by atoms with Crippen LogP contribution in [0.2, 0.25) is 0 Å². The van der Waals surface area contributed by atoms with Crippen LogP contribution < -0.4 is 21.3 Å². The summed E-state index contributed by atoms with van der Waals surface area (Å²) in [5.41, 5.74) is 0.957. The minimum Gasteiger partial charge on any atom is -0.390 e. The molecule has 3 saturated heterocycles. The number of hydrogen-bond acceptors (Lipinski definition) is 7. The molecule has 4 heterocycles. The Morgan fingerprint density at radius 1 is 1.19 bits per heavy atom. The van der Waals surface area contributed by atoms with Gasteiger partial charge in [-0.05, 0) is 45.4 Å². The summed E-state index contributed by atoms with van der Waals surface area (Å²) in [4.78, 5) is 20.4. The van der Waals surface area contributed by atoms with Gasteiger partial charge in [0.25, 0.3) is 0 Å². The Bertz CT molecular complexity index is 964. The van der Waals surface area contributed by atoms with Crippen LogP contribution in [-0.4, -0.2) is 71.2 Å². The van der Waals surface area contributed by atoms with Crippen molar-refractivity contribution < 1.29 is 9.90 Å². The molecule has 1 aromatic heterocycles. The van der Waals surface area contributed by atoms with Gasteiger partial charge in [0.2, 0.25) is 5.91 Å². The predicted molar refractivity (Wildman–Crippen MR) is 124 cm³/mol. The van der Waals surface area contributed by atoms with Crippen LogP contribution in [0.15, 0.2) is 36.4 Å². The van der Waals surface area contributed by atoms with Crippen LogP contribution in [-0.2, 0) is 4.79 Å². The van der Waals surface area contributed by atoms with E-state index in [-0.39, 0.29) is 24.3 Å². The van der Waals surface area contributed by atoms with Crippen LogP contribution in [0.5, 0.6) is 0 Å². The Labute approximate surface area is 189 Å². The number of carbonyl (C=O) groups is 1. The molecule has 5 rings (SSSR count). The van der Waals surface area contributed by atoms with Crippen molar-refractivity contribution in [2.45, 2.75) is 56.7 Å². The highest BCUT2D eigenvalue weighted by Gasteiger charge is 2.46. The molecule has 0 radical (unpaired) electrons. The number of para-hydroxylation sites is 1. The van der Waals surface area contributed by atoms with Crippen molar-refractivity contribution in [3.8, 4) is 0 Å². The molecule has 3 aliphatic rings. The molecule has 172 valence electrons. The van der Waals surface area contributed by atoms with Gasteiger partial charge >= 0.3 is 0 Å². The minimum atomic E-state index is -0.710. The summed E-state index contributed by atoms with van der Waals surface area (Å²) in [6.45, 7) is 7.14. The summed E-state index contributed by atoms with van der Waals surface area (Å²) in [7, 11) is 0. The minimum absolute atomic E-state index is 0.0236. The molecule has 0 saturated carbocycles. The number of aliphatic hydroxyl groups is 1. The van der Waals surface area contributed by atoms with Crippen LogP contribution in [0.25, 0.3) is 10.9 Å². The van der Waals surface area contributed by atoms with E-state index < -0.39 is 11.5 Å². The molecule has 5 N–H and O–H groups in total. The number of nitrogens with one attached hydrogen (secondary N) is 4. The van der Waals surface area contributed by atoms with Gasteiger partial charge in [-0.25, -0.2) is 0 Å². The van der Waals surface area contributed by atoms with Gasteiger partial charge in [0.05, 0.1) is 23.0 Å². The summed E-state index contributed by atoms with van der Waals surface area (Å²) in [5, 5.41) is 25.3. The molecule has 0 spiro atoms. The Hall–Kier alpha value is -2.10. The van der Waals surface area contributed by atoms with E-state index in [2.05, 4.69) is 26.2 Å². The van der Waals surface area contributed by atoms with Crippen molar-refractivity contribution in [3.05, 3.63) is 42.1 Å². The van der Waals surface area contributed by atoms with E-state index in [9.17, 15) is 9.90 Å². The van der Waals surface area contributed by atoms with Gasteiger partial charge in [-0.1, -0.05) is 24.3 Å². The van der Waals surface area contributed by atoms with E-state index >= 15 is 0 Å². The fraction of sp³-hybridized carbons (Fsp3) is 0.583. The second kappa shape index (κ2) is 8.68.